The third-order valence-electron chi connectivity index (χ3n) is 4.48. The van der Waals surface area contributed by atoms with Gasteiger partial charge in [-0.05, 0) is 42.3 Å². The second-order valence-electron chi connectivity index (χ2n) is 6.43. The number of carbonyl (C=O) groups excluding carboxylic acids is 3. The molecule has 0 saturated carbocycles. The minimum Gasteiger partial charge on any atom is -0.328 e. The minimum atomic E-state index is -0.652. The number of anilines is 1. The molecule has 7 heteroatoms. The first-order valence-electron chi connectivity index (χ1n) is 8.62. The third-order valence-corrected chi connectivity index (χ3v) is 4.73. The number of benzene rings is 2. The van der Waals surface area contributed by atoms with Gasteiger partial charge in [-0.2, -0.15) is 0 Å². The highest BCUT2D eigenvalue weighted by Gasteiger charge is 2.33. The van der Waals surface area contributed by atoms with Gasteiger partial charge in [0.25, 0.3) is 0 Å². The van der Waals surface area contributed by atoms with Crippen LogP contribution < -0.4 is 5.32 Å². The first kappa shape index (κ1) is 18.9. The van der Waals surface area contributed by atoms with Crippen molar-refractivity contribution < 1.29 is 14.4 Å². The molecule has 1 aliphatic heterocycles. The molecule has 6 nitrogen and oxygen atoms in total. The van der Waals surface area contributed by atoms with Crippen LogP contribution >= 0.6 is 11.6 Å². The molecule has 0 spiro atoms. The molecule has 3 rings (SSSR count). The summed E-state index contributed by atoms with van der Waals surface area (Å²) >= 11 is 5.81. The molecule has 1 fully saturated rings. The Hall–Kier alpha value is -2.86. The van der Waals surface area contributed by atoms with E-state index in [1.54, 1.807) is 24.3 Å². The fourth-order valence-electron chi connectivity index (χ4n) is 2.92. The predicted molar refractivity (Wildman–Crippen MR) is 103 cm³/mol. The molecular weight excluding hydrogens is 366 g/mol. The molecule has 0 unspecified atom stereocenters. The highest BCUT2D eigenvalue weighted by Crippen LogP contribution is 2.15. The van der Waals surface area contributed by atoms with Crippen LogP contribution in [0.1, 0.15) is 11.1 Å². The van der Waals surface area contributed by atoms with E-state index in [1.165, 1.54) is 9.80 Å². The first-order valence-corrected chi connectivity index (χ1v) is 9.00. The van der Waals surface area contributed by atoms with Gasteiger partial charge < -0.3 is 15.1 Å². The zero-order valence-corrected chi connectivity index (χ0v) is 15.7. The molecule has 1 aliphatic rings. The van der Waals surface area contributed by atoms with E-state index in [0.717, 1.165) is 11.1 Å². The highest BCUT2D eigenvalue weighted by molar-refractivity contribution is 6.35. The zero-order valence-electron chi connectivity index (χ0n) is 14.9. The van der Waals surface area contributed by atoms with Crippen LogP contribution in [0.5, 0.6) is 0 Å². The number of carbonyl (C=O) groups is 3. The molecule has 0 aliphatic carbocycles. The molecule has 2 aromatic rings. The summed E-state index contributed by atoms with van der Waals surface area (Å²) in [7, 11) is 0. The van der Waals surface area contributed by atoms with Crippen LogP contribution in [0.4, 0.5) is 5.69 Å². The predicted octanol–water partition coefficient (Wildman–Crippen LogP) is 2.46. The third kappa shape index (κ3) is 4.65. The molecule has 1 heterocycles. The number of amides is 3. The number of hydrogen-bond donors (Lipinski definition) is 1. The summed E-state index contributed by atoms with van der Waals surface area (Å²) in [5.74, 6) is -1.59. The number of rotatable bonds is 5. The Morgan fingerprint density at radius 3 is 2.33 bits per heavy atom. The smallest absolute Gasteiger partial charge is 0.312 e. The van der Waals surface area contributed by atoms with Gasteiger partial charge in [0, 0.05) is 30.3 Å². The van der Waals surface area contributed by atoms with E-state index in [1.807, 2.05) is 31.2 Å². The van der Waals surface area contributed by atoms with Crippen molar-refractivity contribution in [2.24, 2.45) is 0 Å². The summed E-state index contributed by atoms with van der Waals surface area (Å²) in [6.45, 7) is 2.92. The van der Waals surface area contributed by atoms with Gasteiger partial charge in [-0.1, -0.05) is 35.9 Å². The number of aryl methyl sites for hydroxylation is 1. The Labute approximate surface area is 162 Å². The van der Waals surface area contributed by atoms with Gasteiger partial charge in [0.15, 0.2) is 0 Å². The summed E-state index contributed by atoms with van der Waals surface area (Å²) in [4.78, 5) is 39.8. The lowest BCUT2D eigenvalue weighted by atomic mass is 10.1. The van der Waals surface area contributed by atoms with Gasteiger partial charge >= 0.3 is 11.8 Å². The van der Waals surface area contributed by atoms with Crippen molar-refractivity contribution in [3.63, 3.8) is 0 Å². The Kier molecular flexibility index (Phi) is 5.76. The molecule has 1 N–H and O–H groups in total. The monoisotopic (exact) mass is 385 g/mol. The van der Waals surface area contributed by atoms with E-state index >= 15 is 0 Å². The number of nitrogens with one attached hydrogen (secondary N) is 1. The average molecular weight is 386 g/mol. The summed E-state index contributed by atoms with van der Waals surface area (Å²) in [6.07, 6.45) is 0. The molecule has 0 radical (unpaired) electrons. The maximum absolute atomic E-state index is 12.4. The molecule has 0 aromatic heterocycles. The first-order chi connectivity index (χ1) is 12.9. The fraction of sp³-hybridized carbons (Fsp3) is 0.250. The normalized spacial score (nSPS) is 14.4. The van der Waals surface area contributed by atoms with Gasteiger partial charge in [-0.3, -0.25) is 14.4 Å². The van der Waals surface area contributed by atoms with Crippen LogP contribution in [-0.2, 0) is 20.9 Å². The fourth-order valence-corrected chi connectivity index (χ4v) is 3.04. The molecular formula is C20H20ClN3O3. The number of hydrogen-bond acceptors (Lipinski definition) is 3. The molecule has 1 saturated heterocycles. The van der Waals surface area contributed by atoms with Gasteiger partial charge in [-0.15, -0.1) is 0 Å². The largest absolute Gasteiger partial charge is 0.328 e. The van der Waals surface area contributed by atoms with Gasteiger partial charge in [-0.25, -0.2) is 0 Å². The van der Waals surface area contributed by atoms with Crippen LogP contribution in [0.25, 0.3) is 0 Å². The van der Waals surface area contributed by atoms with Crippen LogP contribution in [0.3, 0.4) is 0 Å². The maximum Gasteiger partial charge on any atom is 0.312 e. The number of nitrogens with zero attached hydrogens (tertiary/aromatic N) is 2. The van der Waals surface area contributed by atoms with Crippen molar-refractivity contribution in [2.45, 2.75) is 13.5 Å². The van der Waals surface area contributed by atoms with Gasteiger partial charge in [0.05, 0.1) is 0 Å². The Bertz CT molecular complexity index is 867. The average Bonchev–Trinajstić information content (AvgIpc) is 2.65. The van der Waals surface area contributed by atoms with Crippen molar-refractivity contribution in [3.05, 3.63) is 64.7 Å². The Morgan fingerprint density at radius 1 is 1.00 bits per heavy atom. The van der Waals surface area contributed by atoms with E-state index in [0.29, 0.717) is 30.3 Å². The van der Waals surface area contributed by atoms with E-state index in [9.17, 15) is 14.4 Å². The highest BCUT2D eigenvalue weighted by atomic mass is 35.5. The Balaban J connectivity index is 1.57. The second-order valence-corrected chi connectivity index (χ2v) is 6.87. The minimum absolute atomic E-state index is 0.161. The lowest BCUT2D eigenvalue weighted by molar-refractivity contribution is -0.157. The second kappa shape index (κ2) is 8.22. The SMILES string of the molecule is Cc1ccccc1CN1CCN(CC(=O)Nc2ccc(Cl)cc2)C(=O)C1=O. The van der Waals surface area contributed by atoms with Crippen LogP contribution in [0.15, 0.2) is 48.5 Å². The van der Waals surface area contributed by atoms with E-state index in [4.69, 9.17) is 11.6 Å². The zero-order chi connectivity index (χ0) is 19.4. The quantitative estimate of drug-likeness (QED) is 0.804. The van der Waals surface area contributed by atoms with Crippen molar-refractivity contribution in [3.8, 4) is 0 Å². The van der Waals surface area contributed by atoms with Crippen molar-refractivity contribution >= 4 is 35.0 Å². The topological polar surface area (TPSA) is 69.7 Å². The molecule has 140 valence electrons. The lowest BCUT2D eigenvalue weighted by Gasteiger charge is -2.33. The van der Waals surface area contributed by atoms with Gasteiger partial charge in [0.1, 0.15) is 6.54 Å². The number of piperazine rings is 1. The van der Waals surface area contributed by atoms with Crippen molar-refractivity contribution in [2.75, 3.05) is 25.0 Å². The van der Waals surface area contributed by atoms with Crippen molar-refractivity contribution in [1.82, 2.24) is 9.80 Å². The van der Waals surface area contributed by atoms with E-state index in [-0.39, 0.29) is 12.5 Å². The summed E-state index contributed by atoms with van der Waals surface area (Å²) in [5, 5.41) is 3.26. The van der Waals surface area contributed by atoms with Crippen molar-refractivity contribution in [1.29, 1.82) is 0 Å². The Morgan fingerprint density at radius 2 is 1.63 bits per heavy atom. The molecule has 0 atom stereocenters. The van der Waals surface area contributed by atoms with Gasteiger partial charge in [0.2, 0.25) is 5.91 Å². The summed E-state index contributed by atoms with van der Waals surface area (Å²) in [6, 6.07) is 14.4. The number of halogens is 1. The summed E-state index contributed by atoms with van der Waals surface area (Å²) < 4.78 is 0. The summed E-state index contributed by atoms with van der Waals surface area (Å²) in [5.41, 5.74) is 2.66. The molecule has 3 amide bonds. The molecule has 27 heavy (non-hydrogen) atoms. The molecule has 2 aromatic carbocycles. The van der Waals surface area contributed by atoms with Crippen LogP contribution in [-0.4, -0.2) is 47.2 Å². The maximum atomic E-state index is 12.4. The standard InChI is InChI=1S/C20H20ClN3O3/c1-14-4-2-3-5-15(14)12-23-10-11-24(20(27)19(23)26)13-18(25)22-17-8-6-16(21)7-9-17/h2-9H,10-13H2,1H3,(H,22,25). The van der Waals surface area contributed by atoms with E-state index < -0.39 is 11.8 Å². The lowest BCUT2D eigenvalue weighted by Crippen LogP contribution is -2.55. The van der Waals surface area contributed by atoms with Crippen LogP contribution in [0.2, 0.25) is 5.02 Å². The van der Waals surface area contributed by atoms with E-state index in [2.05, 4.69) is 5.32 Å². The van der Waals surface area contributed by atoms with Crippen LogP contribution in [0, 0.1) is 6.92 Å². The molecule has 0 bridgehead atoms.